The lowest BCUT2D eigenvalue weighted by Crippen LogP contribution is -2.35. The number of alkyl halides is 2. The van der Waals surface area contributed by atoms with Crippen molar-refractivity contribution in [2.24, 2.45) is 5.92 Å². The molecule has 3 unspecified atom stereocenters. The van der Waals surface area contributed by atoms with Crippen LogP contribution in [0.2, 0.25) is 0 Å². The maximum Gasteiger partial charge on any atom is 0.387 e. The van der Waals surface area contributed by atoms with Gasteiger partial charge in [-0.25, -0.2) is 0 Å². The monoisotopic (exact) mass is 283 g/mol. The summed E-state index contributed by atoms with van der Waals surface area (Å²) < 4.78 is 29.5. The van der Waals surface area contributed by atoms with Crippen molar-refractivity contribution in [2.75, 3.05) is 0 Å². The Bertz CT molecular complexity index is 425. The van der Waals surface area contributed by atoms with Crippen LogP contribution < -0.4 is 10.1 Å². The molecule has 2 nitrogen and oxygen atoms in total. The zero-order valence-corrected chi connectivity index (χ0v) is 12.1. The predicted octanol–water partition coefficient (Wildman–Crippen LogP) is 4.52. The van der Waals surface area contributed by atoms with Gasteiger partial charge >= 0.3 is 6.61 Å². The molecule has 3 atom stereocenters. The second-order valence-electron chi connectivity index (χ2n) is 5.77. The van der Waals surface area contributed by atoms with Crippen LogP contribution in [0, 0.1) is 5.92 Å². The number of benzene rings is 1. The lowest BCUT2D eigenvalue weighted by molar-refractivity contribution is -0.0507. The van der Waals surface area contributed by atoms with E-state index in [1.165, 1.54) is 12.8 Å². The minimum Gasteiger partial charge on any atom is -0.434 e. The average molecular weight is 283 g/mol. The van der Waals surface area contributed by atoms with E-state index in [0.717, 1.165) is 24.3 Å². The Labute approximate surface area is 119 Å². The van der Waals surface area contributed by atoms with E-state index >= 15 is 0 Å². The van der Waals surface area contributed by atoms with Crippen LogP contribution in [0.1, 0.15) is 51.1 Å². The summed E-state index contributed by atoms with van der Waals surface area (Å²) in [6.45, 7) is 1.50. The highest BCUT2D eigenvalue weighted by molar-refractivity contribution is 5.35. The molecule has 0 heterocycles. The van der Waals surface area contributed by atoms with Crippen LogP contribution in [0.25, 0.3) is 0 Å². The van der Waals surface area contributed by atoms with Gasteiger partial charge in [0.05, 0.1) is 0 Å². The normalized spacial score (nSPS) is 24.6. The molecule has 0 saturated heterocycles. The SMILES string of the molecule is CC1CCCC(NC(C)c2ccccc2OC(F)F)C1. The van der Waals surface area contributed by atoms with Gasteiger partial charge in [-0.2, -0.15) is 8.78 Å². The molecule has 1 aliphatic rings. The Morgan fingerprint density at radius 1 is 1.25 bits per heavy atom. The van der Waals surface area contributed by atoms with Crippen molar-refractivity contribution in [1.29, 1.82) is 0 Å². The second-order valence-corrected chi connectivity index (χ2v) is 5.77. The fourth-order valence-corrected chi connectivity index (χ4v) is 3.07. The van der Waals surface area contributed by atoms with Gasteiger partial charge in [0.1, 0.15) is 5.75 Å². The highest BCUT2D eigenvalue weighted by Crippen LogP contribution is 2.29. The van der Waals surface area contributed by atoms with Gasteiger partial charge in [-0.3, -0.25) is 0 Å². The van der Waals surface area contributed by atoms with Gasteiger partial charge in [-0.15, -0.1) is 0 Å². The van der Waals surface area contributed by atoms with Crippen LogP contribution in [0.5, 0.6) is 5.75 Å². The molecule has 2 rings (SSSR count). The molecule has 0 aliphatic heterocycles. The third-order valence-corrected chi connectivity index (χ3v) is 4.02. The minimum absolute atomic E-state index is 0.0141. The van der Waals surface area contributed by atoms with E-state index in [9.17, 15) is 8.78 Å². The Kier molecular flexibility index (Phi) is 5.35. The van der Waals surface area contributed by atoms with Crippen molar-refractivity contribution < 1.29 is 13.5 Å². The summed E-state index contributed by atoms with van der Waals surface area (Å²) in [7, 11) is 0. The van der Waals surface area contributed by atoms with Gasteiger partial charge in [-0.1, -0.05) is 38.0 Å². The minimum atomic E-state index is -2.78. The maximum atomic E-state index is 12.4. The van der Waals surface area contributed by atoms with E-state index in [0.29, 0.717) is 6.04 Å². The van der Waals surface area contributed by atoms with Gasteiger partial charge in [0.2, 0.25) is 0 Å². The number of ether oxygens (including phenoxy) is 1. The highest BCUT2D eigenvalue weighted by Gasteiger charge is 2.22. The summed E-state index contributed by atoms with van der Waals surface area (Å²) in [5.41, 5.74) is 0.797. The number of hydrogen-bond acceptors (Lipinski definition) is 2. The maximum absolute atomic E-state index is 12.4. The first-order chi connectivity index (χ1) is 9.56. The predicted molar refractivity (Wildman–Crippen MR) is 76.0 cm³/mol. The van der Waals surface area contributed by atoms with Crippen LogP contribution in [0.15, 0.2) is 24.3 Å². The summed E-state index contributed by atoms with van der Waals surface area (Å²) in [6.07, 6.45) is 4.84. The highest BCUT2D eigenvalue weighted by atomic mass is 19.3. The van der Waals surface area contributed by atoms with Gasteiger partial charge in [0.15, 0.2) is 0 Å². The van der Waals surface area contributed by atoms with E-state index in [-0.39, 0.29) is 11.8 Å². The van der Waals surface area contributed by atoms with Gasteiger partial charge in [0.25, 0.3) is 0 Å². The van der Waals surface area contributed by atoms with Crippen molar-refractivity contribution in [3.8, 4) is 5.75 Å². The lowest BCUT2D eigenvalue weighted by Gasteiger charge is -2.30. The Morgan fingerprint density at radius 2 is 2.00 bits per heavy atom. The van der Waals surface area contributed by atoms with Crippen molar-refractivity contribution in [2.45, 2.75) is 58.2 Å². The molecule has 1 aliphatic carbocycles. The summed E-state index contributed by atoms with van der Waals surface area (Å²) in [4.78, 5) is 0. The number of halogens is 2. The third-order valence-electron chi connectivity index (χ3n) is 4.02. The summed E-state index contributed by atoms with van der Waals surface area (Å²) in [5.74, 6) is 1.01. The smallest absolute Gasteiger partial charge is 0.387 e. The summed E-state index contributed by atoms with van der Waals surface area (Å²) in [6, 6.07) is 7.50. The van der Waals surface area contributed by atoms with Crippen molar-refractivity contribution in [1.82, 2.24) is 5.32 Å². The molecule has 0 aromatic heterocycles. The molecule has 0 spiro atoms. The zero-order chi connectivity index (χ0) is 14.5. The van der Waals surface area contributed by atoms with Crippen molar-refractivity contribution in [3.05, 3.63) is 29.8 Å². The average Bonchev–Trinajstić information content (AvgIpc) is 2.38. The Balaban J connectivity index is 2.02. The molecule has 1 N–H and O–H groups in total. The Hall–Kier alpha value is -1.16. The standard InChI is InChI=1S/C16H23F2NO/c1-11-6-5-7-13(10-11)19-12(2)14-8-3-4-9-15(14)20-16(17)18/h3-4,8-9,11-13,16,19H,5-7,10H2,1-2H3. The number of para-hydroxylation sites is 1. The molecule has 20 heavy (non-hydrogen) atoms. The molecular weight excluding hydrogens is 260 g/mol. The molecule has 4 heteroatoms. The van der Waals surface area contributed by atoms with E-state index in [2.05, 4.69) is 17.0 Å². The first-order valence-corrected chi connectivity index (χ1v) is 7.36. The molecular formula is C16H23F2NO. The molecule has 1 aromatic rings. The van der Waals surface area contributed by atoms with E-state index < -0.39 is 6.61 Å². The van der Waals surface area contributed by atoms with Gasteiger partial charge in [0, 0.05) is 17.6 Å². The van der Waals surface area contributed by atoms with Crippen LogP contribution in [0.3, 0.4) is 0 Å². The summed E-state index contributed by atoms with van der Waals surface area (Å²) >= 11 is 0. The van der Waals surface area contributed by atoms with Crippen LogP contribution >= 0.6 is 0 Å². The first kappa shape index (κ1) is 15.2. The largest absolute Gasteiger partial charge is 0.434 e. The number of nitrogens with one attached hydrogen (secondary N) is 1. The van der Waals surface area contributed by atoms with Crippen molar-refractivity contribution >= 4 is 0 Å². The topological polar surface area (TPSA) is 21.3 Å². The molecule has 0 amide bonds. The van der Waals surface area contributed by atoms with Crippen LogP contribution in [0.4, 0.5) is 8.78 Å². The molecule has 0 bridgehead atoms. The van der Waals surface area contributed by atoms with Crippen LogP contribution in [-0.4, -0.2) is 12.7 Å². The second kappa shape index (κ2) is 7.02. The first-order valence-electron chi connectivity index (χ1n) is 7.36. The van der Waals surface area contributed by atoms with Crippen LogP contribution in [-0.2, 0) is 0 Å². The lowest BCUT2D eigenvalue weighted by atomic mass is 9.86. The Morgan fingerprint density at radius 3 is 2.70 bits per heavy atom. The van der Waals surface area contributed by atoms with Gasteiger partial charge in [-0.05, 0) is 31.7 Å². The fourth-order valence-electron chi connectivity index (χ4n) is 3.07. The van der Waals surface area contributed by atoms with E-state index in [1.807, 2.05) is 19.1 Å². The van der Waals surface area contributed by atoms with Gasteiger partial charge < -0.3 is 10.1 Å². The molecule has 112 valence electrons. The van der Waals surface area contributed by atoms with E-state index in [4.69, 9.17) is 0 Å². The molecule has 1 aromatic carbocycles. The third kappa shape index (κ3) is 4.17. The van der Waals surface area contributed by atoms with E-state index in [1.54, 1.807) is 12.1 Å². The molecule has 0 radical (unpaired) electrons. The quantitative estimate of drug-likeness (QED) is 0.858. The number of hydrogen-bond donors (Lipinski definition) is 1. The molecule has 1 saturated carbocycles. The fraction of sp³-hybridized carbons (Fsp3) is 0.625. The summed E-state index contributed by atoms with van der Waals surface area (Å²) in [5, 5.41) is 3.55. The number of rotatable bonds is 5. The zero-order valence-electron chi connectivity index (χ0n) is 12.1. The molecule has 1 fully saturated rings. The van der Waals surface area contributed by atoms with Crippen molar-refractivity contribution in [3.63, 3.8) is 0 Å².